The van der Waals surface area contributed by atoms with Crippen molar-refractivity contribution in [2.24, 2.45) is 5.41 Å². The number of halogens is 1. The Labute approximate surface area is 126 Å². The van der Waals surface area contributed by atoms with Gasteiger partial charge in [0.15, 0.2) is 0 Å². The molecule has 1 saturated carbocycles. The molecule has 0 bridgehead atoms. The third-order valence-corrected chi connectivity index (χ3v) is 3.61. The summed E-state index contributed by atoms with van der Waals surface area (Å²) >= 11 is 0. The molecule has 118 valence electrons. The minimum absolute atomic E-state index is 0.229. The summed E-state index contributed by atoms with van der Waals surface area (Å²) in [6.45, 7) is 0.576. The molecule has 1 aromatic rings. The number of rotatable bonds is 7. The van der Waals surface area contributed by atoms with Gasteiger partial charge in [-0.3, -0.25) is 14.4 Å². The van der Waals surface area contributed by atoms with E-state index in [4.69, 9.17) is 5.11 Å². The summed E-state index contributed by atoms with van der Waals surface area (Å²) in [6, 6.07) is 5.35. The highest BCUT2D eigenvalue weighted by molar-refractivity contribution is 6.04. The number of hydrogen-bond acceptors (Lipinski definition) is 3. The van der Waals surface area contributed by atoms with E-state index in [0.29, 0.717) is 25.8 Å². The first-order valence-electron chi connectivity index (χ1n) is 7.01. The van der Waals surface area contributed by atoms with Crippen LogP contribution in [0.25, 0.3) is 0 Å². The van der Waals surface area contributed by atoms with Crippen LogP contribution in [-0.4, -0.2) is 36.0 Å². The Bertz CT molecular complexity index is 599. The summed E-state index contributed by atoms with van der Waals surface area (Å²) in [7, 11) is 0. The highest BCUT2D eigenvalue weighted by Crippen LogP contribution is 2.45. The Morgan fingerprint density at radius 1 is 1.18 bits per heavy atom. The Kier molecular flexibility index (Phi) is 4.75. The number of carbonyl (C=O) groups is 3. The number of amides is 2. The van der Waals surface area contributed by atoms with Crippen molar-refractivity contribution in [2.45, 2.75) is 19.3 Å². The summed E-state index contributed by atoms with van der Waals surface area (Å²) in [5.41, 5.74) is -1.02. The van der Waals surface area contributed by atoms with Gasteiger partial charge in [-0.15, -0.1) is 0 Å². The number of benzene rings is 1. The lowest BCUT2D eigenvalue weighted by Gasteiger charge is -2.11. The Hall–Kier alpha value is -2.44. The van der Waals surface area contributed by atoms with Gasteiger partial charge in [0.2, 0.25) is 5.91 Å². The smallest absolute Gasteiger partial charge is 0.319 e. The van der Waals surface area contributed by atoms with E-state index in [0.717, 1.165) is 6.07 Å². The van der Waals surface area contributed by atoms with Crippen molar-refractivity contribution < 1.29 is 23.9 Å². The summed E-state index contributed by atoms with van der Waals surface area (Å²) in [5, 5.41) is 14.1. The van der Waals surface area contributed by atoms with Crippen LogP contribution in [0.3, 0.4) is 0 Å². The molecule has 1 aliphatic rings. The number of carbonyl (C=O) groups excluding carboxylic acids is 2. The lowest BCUT2D eigenvalue weighted by atomic mass is 10.1. The molecule has 3 N–H and O–H groups in total. The molecule has 0 heterocycles. The topological polar surface area (TPSA) is 95.5 Å². The zero-order chi connectivity index (χ0) is 16.2. The van der Waals surface area contributed by atoms with Crippen molar-refractivity contribution in [1.82, 2.24) is 10.6 Å². The predicted octanol–water partition coefficient (Wildman–Crippen LogP) is 0.927. The second kappa shape index (κ2) is 6.55. The molecule has 0 spiro atoms. The highest BCUT2D eigenvalue weighted by atomic mass is 19.1. The molecule has 2 rings (SSSR count). The second-order valence-electron chi connectivity index (χ2n) is 5.26. The van der Waals surface area contributed by atoms with Crippen molar-refractivity contribution in [3.63, 3.8) is 0 Å². The second-order valence-corrected chi connectivity index (χ2v) is 5.26. The van der Waals surface area contributed by atoms with E-state index in [-0.39, 0.29) is 12.1 Å². The number of aliphatic carboxylic acids is 1. The van der Waals surface area contributed by atoms with E-state index in [2.05, 4.69) is 10.6 Å². The van der Waals surface area contributed by atoms with Crippen LogP contribution in [-0.2, 0) is 9.59 Å². The van der Waals surface area contributed by atoms with Gasteiger partial charge in [0.25, 0.3) is 5.91 Å². The maximum absolute atomic E-state index is 13.0. The maximum Gasteiger partial charge on any atom is 0.319 e. The molecule has 0 aliphatic heterocycles. The minimum atomic E-state index is -1.25. The fraction of sp³-hybridized carbons (Fsp3) is 0.400. The molecule has 2 amide bonds. The lowest BCUT2D eigenvalue weighted by molar-refractivity contribution is -0.149. The van der Waals surface area contributed by atoms with Gasteiger partial charge in [0, 0.05) is 18.7 Å². The molecule has 1 aliphatic carbocycles. The minimum Gasteiger partial charge on any atom is -0.480 e. The van der Waals surface area contributed by atoms with Crippen LogP contribution in [0.1, 0.15) is 29.6 Å². The first-order chi connectivity index (χ1) is 10.5. The predicted molar refractivity (Wildman–Crippen MR) is 75.7 cm³/mol. The summed E-state index contributed by atoms with van der Waals surface area (Å²) < 4.78 is 13.0. The van der Waals surface area contributed by atoms with Crippen LogP contribution in [0.4, 0.5) is 4.39 Å². The molecular weight excluding hydrogens is 291 g/mol. The molecular formula is C15H17FN2O4. The van der Waals surface area contributed by atoms with Crippen LogP contribution < -0.4 is 10.6 Å². The van der Waals surface area contributed by atoms with E-state index >= 15 is 0 Å². The van der Waals surface area contributed by atoms with Gasteiger partial charge < -0.3 is 15.7 Å². The van der Waals surface area contributed by atoms with Gasteiger partial charge in [0.05, 0.1) is 0 Å². The quantitative estimate of drug-likeness (QED) is 0.516. The molecule has 6 nitrogen and oxygen atoms in total. The summed E-state index contributed by atoms with van der Waals surface area (Å²) in [5.74, 6) is -2.45. The number of carboxylic acid groups (broad SMARTS) is 1. The third kappa shape index (κ3) is 3.60. The zero-order valence-corrected chi connectivity index (χ0v) is 11.9. The molecule has 1 fully saturated rings. The van der Waals surface area contributed by atoms with Gasteiger partial charge in [-0.2, -0.15) is 0 Å². The van der Waals surface area contributed by atoms with E-state index < -0.39 is 29.0 Å². The number of carboxylic acids is 1. The zero-order valence-electron chi connectivity index (χ0n) is 11.9. The maximum atomic E-state index is 13.0. The number of hydrogen-bond donors (Lipinski definition) is 3. The molecule has 7 heteroatoms. The van der Waals surface area contributed by atoms with Gasteiger partial charge in [0.1, 0.15) is 11.2 Å². The van der Waals surface area contributed by atoms with Crippen molar-refractivity contribution in [3.05, 3.63) is 35.6 Å². The molecule has 22 heavy (non-hydrogen) atoms. The molecule has 0 aromatic heterocycles. The summed E-state index contributed by atoms with van der Waals surface area (Å²) in [6.07, 6.45) is 1.19. The molecule has 0 radical (unpaired) electrons. The van der Waals surface area contributed by atoms with Gasteiger partial charge in [-0.05, 0) is 37.5 Å². The third-order valence-electron chi connectivity index (χ3n) is 3.61. The van der Waals surface area contributed by atoms with Crippen LogP contribution in [0.2, 0.25) is 0 Å². The van der Waals surface area contributed by atoms with Crippen molar-refractivity contribution in [2.75, 3.05) is 13.1 Å². The molecule has 0 atom stereocenters. The average Bonchev–Trinajstić information content (AvgIpc) is 3.28. The molecule has 1 aromatic carbocycles. The Balaban J connectivity index is 1.66. The lowest BCUT2D eigenvalue weighted by Crippen LogP contribution is -2.38. The highest BCUT2D eigenvalue weighted by Gasteiger charge is 2.56. The fourth-order valence-corrected chi connectivity index (χ4v) is 2.06. The average molecular weight is 308 g/mol. The standard InChI is InChI=1S/C15H17FN2O4/c16-11-4-1-3-10(9-11)12(19)17-7-2-8-18-13(20)15(5-6-15)14(21)22/h1,3-4,9H,2,5-8H2,(H,17,19)(H,18,20)(H,21,22). The largest absolute Gasteiger partial charge is 0.480 e. The van der Waals surface area contributed by atoms with Crippen LogP contribution in [0.15, 0.2) is 24.3 Å². The van der Waals surface area contributed by atoms with Crippen molar-refractivity contribution in [3.8, 4) is 0 Å². The molecule has 0 saturated heterocycles. The SMILES string of the molecule is O=C(NCCCNC(=O)C1(C(=O)O)CC1)c1cccc(F)c1. The summed E-state index contributed by atoms with van der Waals surface area (Å²) in [4.78, 5) is 34.4. The van der Waals surface area contributed by atoms with E-state index in [9.17, 15) is 18.8 Å². The Morgan fingerprint density at radius 3 is 2.45 bits per heavy atom. The molecule has 0 unspecified atom stereocenters. The van der Waals surface area contributed by atoms with E-state index in [1.807, 2.05) is 0 Å². The van der Waals surface area contributed by atoms with Crippen LogP contribution in [0.5, 0.6) is 0 Å². The Morgan fingerprint density at radius 2 is 1.86 bits per heavy atom. The fourth-order valence-electron chi connectivity index (χ4n) is 2.06. The first kappa shape index (κ1) is 15.9. The monoisotopic (exact) mass is 308 g/mol. The van der Waals surface area contributed by atoms with E-state index in [1.165, 1.54) is 18.2 Å². The van der Waals surface area contributed by atoms with Crippen molar-refractivity contribution >= 4 is 17.8 Å². The van der Waals surface area contributed by atoms with Crippen molar-refractivity contribution in [1.29, 1.82) is 0 Å². The number of nitrogens with one attached hydrogen (secondary N) is 2. The van der Waals surface area contributed by atoms with E-state index in [1.54, 1.807) is 0 Å². The van der Waals surface area contributed by atoms with Crippen LogP contribution in [0, 0.1) is 11.2 Å². The van der Waals surface area contributed by atoms with Gasteiger partial charge in [-0.1, -0.05) is 6.07 Å². The van der Waals surface area contributed by atoms with Gasteiger partial charge in [-0.25, -0.2) is 4.39 Å². The van der Waals surface area contributed by atoms with Crippen LogP contribution >= 0.6 is 0 Å². The van der Waals surface area contributed by atoms with Gasteiger partial charge >= 0.3 is 5.97 Å². The normalized spacial score (nSPS) is 15.0. The first-order valence-corrected chi connectivity index (χ1v) is 7.01.